The Morgan fingerprint density at radius 3 is 2.41 bits per heavy atom. The van der Waals surface area contributed by atoms with E-state index in [0.29, 0.717) is 0 Å². The summed E-state index contributed by atoms with van der Waals surface area (Å²) in [5.74, 6) is 0.875. The minimum atomic E-state index is 0.875. The highest BCUT2D eigenvalue weighted by atomic mass is 32.1. The Morgan fingerprint density at radius 2 is 1.77 bits per heavy atom. The van der Waals surface area contributed by atoms with Crippen LogP contribution in [0.15, 0.2) is 42.5 Å². The van der Waals surface area contributed by atoms with Gasteiger partial charge in [-0.05, 0) is 56.3 Å². The zero-order chi connectivity index (χ0) is 15.5. The minimum absolute atomic E-state index is 0.875. The van der Waals surface area contributed by atoms with Gasteiger partial charge in [0.25, 0.3) is 0 Å². The number of thiazole rings is 1. The van der Waals surface area contributed by atoms with Crippen LogP contribution in [0.1, 0.15) is 13.8 Å². The molecule has 22 heavy (non-hydrogen) atoms. The molecule has 0 spiro atoms. The van der Waals surface area contributed by atoms with E-state index in [2.05, 4.69) is 43.0 Å². The summed E-state index contributed by atoms with van der Waals surface area (Å²) in [4.78, 5) is 7.06. The standard InChI is InChI=1S/C18H20N2OS/c1-4-20(5-2)14-8-6-13(7-9-14)18-19-16-11-10-15(21-3)12-17(16)22-18/h6-12H,4-5H2,1-3H3. The van der Waals surface area contributed by atoms with Gasteiger partial charge in [0, 0.05) is 24.3 Å². The van der Waals surface area contributed by atoms with Crippen molar-refractivity contribution >= 4 is 27.2 Å². The fraction of sp³-hybridized carbons (Fsp3) is 0.278. The Morgan fingerprint density at radius 1 is 1.05 bits per heavy atom. The summed E-state index contributed by atoms with van der Waals surface area (Å²) in [6.07, 6.45) is 0. The second kappa shape index (κ2) is 6.36. The molecule has 114 valence electrons. The molecule has 3 rings (SSSR count). The quantitative estimate of drug-likeness (QED) is 0.675. The molecule has 4 heteroatoms. The number of aromatic nitrogens is 1. The molecule has 0 radical (unpaired) electrons. The summed E-state index contributed by atoms with van der Waals surface area (Å²) < 4.78 is 6.43. The monoisotopic (exact) mass is 312 g/mol. The maximum absolute atomic E-state index is 5.28. The number of benzene rings is 2. The van der Waals surface area contributed by atoms with Crippen LogP contribution in [0.3, 0.4) is 0 Å². The summed E-state index contributed by atoms with van der Waals surface area (Å²) in [6, 6.07) is 14.7. The zero-order valence-corrected chi connectivity index (χ0v) is 14.0. The molecular formula is C18H20N2OS. The fourth-order valence-corrected chi connectivity index (χ4v) is 3.56. The predicted octanol–water partition coefficient (Wildman–Crippen LogP) is 4.82. The van der Waals surface area contributed by atoms with Gasteiger partial charge >= 0.3 is 0 Å². The molecule has 0 saturated carbocycles. The van der Waals surface area contributed by atoms with E-state index >= 15 is 0 Å². The molecule has 0 aliphatic heterocycles. The van der Waals surface area contributed by atoms with Gasteiger partial charge in [0.1, 0.15) is 10.8 Å². The van der Waals surface area contributed by atoms with E-state index in [4.69, 9.17) is 9.72 Å². The highest BCUT2D eigenvalue weighted by Crippen LogP contribution is 2.33. The maximum atomic E-state index is 5.28. The van der Waals surface area contributed by atoms with Crippen LogP contribution in [0.5, 0.6) is 5.75 Å². The van der Waals surface area contributed by atoms with Gasteiger partial charge in [-0.2, -0.15) is 0 Å². The van der Waals surface area contributed by atoms with Gasteiger partial charge in [0.2, 0.25) is 0 Å². The number of hydrogen-bond donors (Lipinski definition) is 0. The molecule has 1 aromatic heterocycles. The molecule has 0 saturated heterocycles. The first-order chi connectivity index (χ1) is 10.7. The molecule has 0 atom stereocenters. The fourth-order valence-electron chi connectivity index (χ4n) is 2.56. The van der Waals surface area contributed by atoms with Crippen LogP contribution < -0.4 is 9.64 Å². The molecule has 0 aliphatic rings. The lowest BCUT2D eigenvalue weighted by atomic mass is 10.2. The predicted molar refractivity (Wildman–Crippen MR) is 95.2 cm³/mol. The lowest BCUT2D eigenvalue weighted by molar-refractivity contribution is 0.415. The summed E-state index contributed by atoms with van der Waals surface area (Å²) in [5, 5.41) is 1.05. The third-order valence-electron chi connectivity index (χ3n) is 3.84. The van der Waals surface area contributed by atoms with E-state index in [9.17, 15) is 0 Å². The second-order valence-corrected chi connectivity index (χ2v) is 6.10. The van der Waals surface area contributed by atoms with Crippen molar-refractivity contribution in [3.8, 4) is 16.3 Å². The highest BCUT2D eigenvalue weighted by molar-refractivity contribution is 7.21. The van der Waals surface area contributed by atoms with Crippen molar-refractivity contribution in [3.05, 3.63) is 42.5 Å². The molecule has 0 fully saturated rings. The van der Waals surface area contributed by atoms with E-state index in [1.807, 2.05) is 18.2 Å². The Bertz CT molecular complexity index is 760. The Labute approximate surface area is 135 Å². The molecule has 3 nitrogen and oxygen atoms in total. The first-order valence-electron chi connectivity index (χ1n) is 7.55. The maximum Gasteiger partial charge on any atom is 0.124 e. The Kier molecular flexibility index (Phi) is 4.29. The van der Waals surface area contributed by atoms with Crippen molar-refractivity contribution in [3.63, 3.8) is 0 Å². The van der Waals surface area contributed by atoms with Crippen LogP contribution in [0.4, 0.5) is 5.69 Å². The first kappa shape index (κ1) is 14.9. The molecule has 0 amide bonds. The third kappa shape index (κ3) is 2.79. The molecule has 1 heterocycles. The van der Waals surface area contributed by atoms with Crippen molar-refractivity contribution < 1.29 is 4.74 Å². The number of fused-ring (bicyclic) bond motifs is 1. The summed E-state index contributed by atoms with van der Waals surface area (Å²) in [5.41, 5.74) is 3.45. The molecule has 0 bridgehead atoms. The van der Waals surface area contributed by atoms with Crippen LogP contribution >= 0.6 is 11.3 Å². The van der Waals surface area contributed by atoms with Gasteiger partial charge in [0.05, 0.1) is 17.3 Å². The van der Waals surface area contributed by atoms with E-state index in [1.54, 1.807) is 18.4 Å². The topological polar surface area (TPSA) is 25.4 Å². The van der Waals surface area contributed by atoms with Crippen molar-refractivity contribution in [2.24, 2.45) is 0 Å². The summed E-state index contributed by atoms with van der Waals surface area (Å²) >= 11 is 1.70. The summed E-state index contributed by atoms with van der Waals surface area (Å²) in [6.45, 7) is 6.41. The van der Waals surface area contributed by atoms with Crippen molar-refractivity contribution in [2.75, 3.05) is 25.1 Å². The smallest absolute Gasteiger partial charge is 0.124 e. The van der Waals surface area contributed by atoms with Gasteiger partial charge in [-0.3, -0.25) is 0 Å². The van der Waals surface area contributed by atoms with E-state index in [-0.39, 0.29) is 0 Å². The Hall–Kier alpha value is -2.07. The molecule has 0 unspecified atom stereocenters. The van der Waals surface area contributed by atoms with Crippen LogP contribution in [0.25, 0.3) is 20.8 Å². The number of methoxy groups -OCH3 is 1. The van der Waals surface area contributed by atoms with Gasteiger partial charge in [-0.15, -0.1) is 11.3 Å². The van der Waals surface area contributed by atoms with Gasteiger partial charge in [0.15, 0.2) is 0 Å². The second-order valence-electron chi connectivity index (χ2n) is 5.07. The highest BCUT2D eigenvalue weighted by Gasteiger charge is 2.08. The normalized spacial score (nSPS) is 10.9. The number of ether oxygens (including phenoxy) is 1. The first-order valence-corrected chi connectivity index (χ1v) is 8.36. The Balaban J connectivity index is 1.93. The summed E-state index contributed by atoms with van der Waals surface area (Å²) in [7, 11) is 1.69. The number of hydrogen-bond acceptors (Lipinski definition) is 4. The van der Waals surface area contributed by atoms with E-state index in [0.717, 1.165) is 39.6 Å². The minimum Gasteiger partial charge on any atom is -0.497 e. The van der Waals surface area contributed by atoms with Gasteiger partial charge < -0.3 is 9.64 Å². The lowest BCUT2D eigenvalue weighted by Crippen LogP contribution is -2.21. The van der Waals surface area contributed by atoms with Crippen molar-refractivity contribution in [1.29, 1.82) is 0 Å². The average molecular weight is 312 g/mol. The van der Waals surface area contributed by atoms with Crippen LogP contribution in [0, 0.1) is 0 Å². The van der Waals surface area contributed by atoms with Gasteiger partial charge in [-0.1, -0.05) is 0 Å². The number of rotatable bonds is 5. The van der Waals surface area contributed by atoms with Crippen molar-refractivity contribution in [1.82, 2.24) is 4.98 Å². The molecule has 2 aromatic carbocycles. The number of nitrogens with zero attached hydrogens (tertiary/aromatic N) is 2. The van der Waals surface area contributed by atoms with E-state index in [1.165, 1.54) is 5.69 Å². The van der Waals surface area contributed by atoms with Crippen LogP contribution in [-0.2, 0) is 0 Å². The molecule has 0 aliphatic carbocycles. The molecule has 0 N–H and O–H groups in total. The largest absolute Gasteiger partial charge is 0.497 e. The zero-order valence-electron chi connectivity index (χ0n) is 13.2. The molecular weight excluding hydrogens is 292 g/mol. The van der Waals surface area contributed by atoms with E-state index < -0.39 is 0 Å². The van der Waals surface area contributed by atoms with Crippen LogP contribution in [0.2, 0.25) is 0 Å². The SMILES string of the molecule is CCN(CC)c1ccc(-c2nc3ccc(OC)cc3s2)cc1. The average Bonchev–Trinajstić information content (AvgIpc) is 2.99. The lowest BCUT2D eigenvalue weighted by Gasteiger charge is -2.20. The van der Waals surface area contributed by atoms with Gasteiger partial charge in [-0.25, -0.2) is 4.98 Å². The van der Waals surface area contributed by atoms with Crippen molar-refractivity contribution in [2.45, 2.75) is 13.8 Å². The third-order valence-corrected chi connectivity index (χ3v) is 4.91. The molecule has 3 aromatic rings. The number of anilines is 1. The van der Waals surface area contributed by atoms with Crippen LogP contribution in [-0.4, -0.2) is 25.2 Å².